The van der Waals surface area contributed by atoms with E-state index >= 15 is 0 Å². The Balaban J connectivity index is 2.02. The van der Waals surface area contributed by atoms with Crippen molar-refractivity contribution in [2.45, 2.75) is 32.6 Å². The van der Waals surface area contributed by atoms with E-state index in [1.54, 1.807) is 0 Å². The lowest BCUT2D eigenvalue weighted by Gasteiger charge is -2.26. The molecular weight excluding hydrogens is 268 g/mol. The van der Waals surface area contributed by atoms with Crippen LogP contribution in [0.2, 0.25) is 0 Å². The number of anilines is 2. The first-order chi connectivity index (χ1) is 9.70. The standard InChI is InChI=1S/C16H24N2OS/c1-2-9-18(15-5-3-14(17)4-6-15)16(19)12-13-7-10-20-11-8-13/h3-6,13H,2,7-12,17H2,1H3. The third-order valence-electron chi connectivity index (χ3n) is 3.76. The maximum absolute atomic E-state index is 12.6. The number of thioether (sulfide) groups is 1. The number of hydrogen-bond acceptors (Lipinski definition) is 3. The first kappa shape index (κ1) is 15.2. The molecule has 2 N–H and O–H groups in total. The molecule has 0 saturated carbocycles. The SMILES string of the molecule is CCCN(C(=O)CC1CCSCC1)c1ccc(N)cc1. The molecule has 4 heteroatoms. The Hall–Kier alpha value is -1.16. The zero-order valence-corrected chi connectivity index (χ0v) is 13.0. The maximum Gasteiger partial charge on any atom is 0.227 e. The molecule has 1 aliphatic rings. The molecule has 0 aliphatic carbocycles. The van der Waals surface area contributed by atoms with Crippen molar-refractivity contribution in [2.24, 2.45) is 5.92 Å². The fourth-order valence-corrected chi connectivity index (χ4v) is 3.79. The predicted octanol–water partition coefficient (Wildman–Crippen LogP) is 3.55. The van der Waals surface area contributed by atoms with Gasteiger partial charge in [-0.05, 0) is 61.0 Å². The second-order valence-electron chi connectivity index (χ2n) is 5.40. The molecule has 1 aromatic rings. The van der Waals surface area contributed by atoms with E-state index in [2.05, 4.69) is 6.92 Å². The van der Waals surface area contributed by atoms with Crippen molar-refractivity contribution in [1.29, 1.82) is 0 Å². The number of nitrogen functional groups attached to an aromatic ring is 1. The van der Waals surface area contributed by atoms with E-state index in [9.17, 15) is 4.79 Å². The van der Waals surface area contributed by atoms with Gasteiger partial charge in [-0.2, -0.15) is 11.8 Å². The fourth-order valence-electron chi connectivity index (χ4n) is 2.58. The van der Waals surface area contributed by atoms with Crippen molar-refractivity contribution < 1.29 is 4.79 Å². The van der Waals surface area contributed by atoms with Gasteiger partial charge in [0.05, 0.1) is 0 Å². The number of nitrogens with zero attached hydrogens (tertiary/aromatic N) is 1. The number of rotatable bonds is 5. The number of carbonyl (C=O) groups excluding carboxylic acids is 1. The average Bonchev–Trinajstić information content (AvgIpc) is 2.47. The predicted molar refractivity (Wildman–Crippen MR) is 88.2 cm³/mol. The first-order valence-corrected chi connectivity index (χ1v) is 8.60. The summed E-state index contributed by atoms with van der Waals surface area (Å²) in [6, 6.07) is 7.62. The van der Waals surface area contributed by atoms with Crippen LogP contribution in [0.1, 0.15) is 32.6 Å². The van der Waals surface area contributed by atoms with Crippen molar-refractivity contribution in [3.05, 3.63) is 24.3 Å². The van der Waals surface area contributed by atoms with Crippen molar-refractivity contribution >= 4 is 29.0 Å². The molecule has 0 atom stereocenters. The van der Waals surface area contributed by atoms with E-state index in [0.717, 1.165) is 24.3 Å². The summed E-state index contributed by atoms with van der Waals surface area (Å²) in [6.45, 7) is 2.89. The third-order valence-corrected chi connectivity index (χ3v) is 4.81. The summed E-state index contributed by atoms with van der Waals surface area (Å²) in [4.78, 5) is 14.5. The maximum atomic E-state index is 12.6. The Bertz CT molecular complexity index is 427. The summed E-state index contributed by atoms with van der Waals surface area (Å²) in [5.74, 6) is 3.23. The van der Waals surface area contributed by atoms with E-state index in [1.807, 2.05) is 40.9 Å². The Kier molecular flexibility index (Phi) is 5.77. The van der Waals surface area contributed by atoms with Crippen LogP contribution in [0, 0.1) is 5.92 Å². The molecule has 110 valence electrons. The molecule has 1 aromatic carbocycles. The number of benzene rings is 1. The Labute approximate surface area is 125 Å². The van der Waals surface area contributed by atoms with Crippen molar-refractivity contribution in [3.63, 3.8) is 0 Å². The molecule has 1 fully saturated rings. The average molecular weight is 292 g/mol. The van der Waals surface area contributed by atoms with Gasteiger partial charge in [0, 0.05) is 24.3 Å². The molecule has 0 radical (unpaired) electrons. The van der Waals surface area contributed by atoms with Gasteiger partial charge in [0.25, 0.3) is 0 Å². The zero-order chi connectivity index (χ0) is 14.4. The smallest absolute Gasteiger partial charge is 0.227 e. The Morgan fingerprint density at radius 2 is 1.95 bits per heavy atom. The van der Waals surface area contributed by atoms with Gasteiger partial charge in [-0.15, -0.1) is 0 Å². The van der Waals surface area contributed by atoms with Gasteiger partial charge in [-0.1, -0.05) is 6.92 Å². The normalized spacial score (nSPS) is 16.1. The van der Waals surface area contributed by atoms with E-state index in [4.69, 9.17) is 5.73 Å². The molecule has 0 aromatic heterocycles. The van der Waals surface area contributed by atoms with Crippen LogP contribution in [0.25, 0.3) is 0 Å². The summed E-state index contributed by atoms with van der Waals surface area (Å²) in [7, 11) is 0. The fraction of sp³-hybridized carbons (Fsp3) is 0.562. The highest BCUT2D eigenvalue weighted by atomic mass is 32.2. The van der Waals surface area contributed by atoms with E-state index in [1.165, 1.54) is 24.3 Å². The summed E-state index contributed by atoms with van der Waals surface area (Å²) >= 11 is 2.00. The molecule has 0 bridgehead atoms. The van der Waals surface area contributed by atoms with Crippen molar-refractivity contribution in [3.8, 4) is 0 Å². The van der Waals surface area contributed by atoms with Gasteiger partial charge >= 0.3 is 0 Å². The van der Waals surface area contributed by atoms with Crippen LogP contribution >= 0.6 is 11.8 Å². The topological polar surface area (TPSA) is 46.3 Å². The second kappa shape index (κ2) is 7.58. The Morgan fingerprint density at radius 3 is 2.55 bits per heavy atom. The van der Waals surface area contributed by atoms with E-state index in [-0.39, 0.29) is 5.91 Å². The number of nitrogens with two attached hydrogens (primary N) is 1. The lowest BCUT2D eigenvalue weighted by Crippen LogP contribution is -2.33. The molecular formula is C16H24N2OS. The first-order valence-electron chi connectivity index (χ1n) is 7.44. The van der Waals surface area contributed by atoms with Crippen LogP contribution in [0.5, 0.6) is 0 Å². The van der Waals surface area contributed by atoms with Gasteiger partial charge in [0.15, 0.2) is 0 Å². The molecule has 20 heavy (non-hydrogen) atoms. The molecule has 2 rings (SSSR count). The molecule has 1 aliphatic heterocycles. The van der Waals surface area contributed by atoms with Crippen LogP contribution < -0.4 is 10.6 Å². The highest BCUT2D eigenvalue weighted by molar-refractivity contribution is 7.99. The number of amides is 1. The summed E-state index contributed by atoms with van der Waals surface area (Å²) in [5, 5.41) is 0. The summed E-state index contributed by atoms with van der Waals surface area (Å²) in [6.07, 6.45) is 4.01. The molecule has 3 nitrogen and oxygen atoms in total. The van der Waals surface area contributed by atoms with Gasteiger partial charge in [0.1, 0.15) is 0 Å². The molecule has 1 amide bonds. The monoisotopic (exact) mass is 292 g/mol. The van der Waals surface area contributed by atoms with E-state index < -0.39 is 0 Å². The summed E-state index contributed by atoms with van der Waals surface area (Å²) < 4.78 is 0. The van der Waals surface area contributed by atoms with Gasteiger partial charge in [-0.25, -0.2) is 0 Å². The van der Waals surface area contributed by atoms with E-state index in [0.29, 0.717) is 12.3 Å². The lowest BCUT2D eigenvalue weighted by molar-refractivity contribution is -0.119. The zero-order valence-electron chi connectivity index (χ0n) is 12.2. The van der Waals surface area contributed by atoms with Crippen LogP contribution in [0.3, 0.4) is 0 Å². The van der Waals surface area contributed by atoms with Crippen LogP contribution in [-0.2, 0) is 4.79 Å². The minimum Gasteiger partial charge on any atom is -0.399 e. The van der Waals surface area contributed by atoms with Gasteiger partial charge in [0.2, 0.25) is 5.91 Å². The van der Waals surface area contributed by atoms with Gasteiger partial charge in [-0.3, -0.25) is 4.79 Å². The number of carbonyl (C=O) groups is 1. The molecule has 1 saturated heterocycles. The van der Waals surface area contributed by atoms with Crippen molar-refractivity contribution in [1.82, 2.24) is 0 Å². The molecule has 1 heterocycles. The van der Waals surface area contributed by atoms with Crippen LogP contribution in [-0.4, -0.2) is 24.0 Å². The minimum absolute atomic E-state index is 0.258. The molecule has 0 unspecified atom stereocenters. The van der Waals surface area contributed by atoms with Crippen LogP contribution in [0.15, 0.2) is 24.3 Å². The minimum atomic E-state index is 0.258. The Morgan fingerprint density at radius 1 is 1.30 bits per heavy atom. The highest BCUT2D eigenvalue weighted by Gasteiger charge is 2.21. The largest absolute Gasteiger partial charge is 0.399 e. The highest BCUT2D eigenvalue weighted by Crippen LogP contribution is 2.27. The third kappa shape index (κ3) is 4.17. The quantitative estimate of drug-likeness (QED) is 0.844. The van der Waals surface area contributed by atoms with Crippen LogP contribution in [0.4, 0.5) is 11.4 Å². The van der Waals surface area contributed by atoms with Gasteiger partial charge < -0.3 is 10.6 Å². The summed E-state index contributed by atoms with van der Waals surface area (Å²) in [5.41, 5.74) is 7.43. The second-order valence-corrected chi connectivity index (χ2v) is 6.62. The molecule has 0 spiro atoms. The lowest BCUT2D eigenvalue weighted by atomic mass is 9.98. The van der Waals surface area contributed by atoms with Crippen molar-refractivity contribution in [2.75, 3.05) is 28.7 Å². The number of hydrogen-bond donors (Lipinski definition) is 1.